The van der Waals surface area contributed by atoms with E-state index in [-0.39, 0.29) is 40.8 Å². The van der Waals surface area contributed by atoms with Crippen LogP contribution in [0.1, 0.15) is 28.4 Å². The van der Waals surface area contributed by atoms with Gasteiger partial charge in [0.05, 0.1) is 12.0 Å². The smallest absolute Gasteiger partial charge is 0.170 e. The fourth-order valence-corrected chi connectivity index (χ4v) is 2.22. The summed E-state index contributed by atoms with van der Waals surface area (Å²) in [4.78, 5) is 12.1. The van der Waals surface area contributed by atoms with E-state index in [4.69, 9.17) is 4.74 Å². The highest BCUT2D eigenvalue weighted by atomic mass is 16.5. The number of fused-ring (bicyclic) bond motifs is 1. The van der Waals surface area contributed by atoms with Crippen LogP contribution in [0.4, 0.5) is 0 Å². The summed E-state index contributed by atoms with van der Waals surface area (Å²) in [5.74, 6) is -0.459. The summed E-state index contributed by atoms with van der Waals surface area (Å²) in [7, 11) is 0. The van der Waals surface area contributed by atoms with Gasteiger partial charge in [-0.1, -0.05) is 12.1 Å². The molecule has 0 aliphatic carbocycles. The number of hydrogen-bond donors (Lipinski definition) is 3. The first-order chi connectivity index (χ1) is 9.54. The van der Waals surface area contributed by atoms with Crippen molar-refractivity contribution in [2.75, 3.05) is 0 Å². The Morgan fingerprint density at radius 2 is 1.65 bits per heavy atom. The molecule has 1 heterocycles. The zero-order chi connectivity index (χ0) is 14.3. The predicted octanol–water partition coefficient (Wildman–Crippen LogP) is 2.51. The summed E-state index contributed by atoms with van der Waals surface area (Å²) in [5.41, 5.74) is 1.02. The van der Waals surface area contributed by atoms with Crippen LogP contribution < -0.4 is 4.74 Å². The molecule has 5 heteroatoms. The van der Waals surface area contributed by atoms with Crippen molar-refractivity contribution < 1.29 is 24.9 Å². The lowest BCUT2D eigenvalue weighted by molar-refractivity contribution is 0.0848. The molecule has 3 rings (SSSR count). The molecule has 0 amide bonds. The van der Waals surface area contributed by atoms with E-state index in [1.165, 1.54) is 24.3 Å². The SMILES string of the molecule is O=C1C[C@@H](c2ccc(O)cc2)Oc2cc(O)c(O)cc21. The van der Waals surface area contributed by atoms with Crippen LogP contribution in [0.15, 0.2) is 36.4 Å². The van der Waals surface area contributed by atoms with Gasteiger partial charge in [-0.15, -0.1) is 0 Å². The van der Waals surface area contributed by atoms with Crippen LogP contribution in [-0.2, 0) is 0 Å². The molecule has 0 radical (unpaired) electrons. The Morgan fingerprint density at radius 3 is 2.35 bits per heavy atom. The Balaban J connectivity index is 1.98. The summed E-state index contributed by atoms with van der Waals surface area (Å²) in [6.45, 7) is 0. The second kappa shape index (κ2) is 4.45. The van der Waals surface area contributed by atoms with Gasteiger partial charge in [0.15, 0.2) is 17.3 Å². The maximum Gasteiger partial charge on any atom is 0.170 e. The lowest BCUT2D eigenvalue weighted by Crippen LogP contribution is -2.20. The number of rotatable bonds is 1. The molecule has 0 unspecified atom stereocenters. The zero-order valence-electron chi connectivity index (χ0n) is 10.4. The molecule has 1 atom stereocenters. The number of hydrogen-bond acceptors (Lipinski definition) is 5. The molecule has 0 fully saturated rings. The van der Waals surface area contributed by atoms with Gasteiger partial charge >= 0.3 is 0 Å². The third-order valence-corrected chi connectivity index (χ3v) is 3.28. The molecular formula is C15H12O5. The number of benzene rings is 2. The number of ketones is 1. The van der Waals surface area contributed by atoms with Gasteiger partial charge in [0.25, 0.3) is 0 Å². The molecule has 0 spiro atoms. The normalized spacial score (nSPS) is 17.4. The molecule has 1 aliphatic heterocycles. The number of ether oxygens (including phenoxy) is 1. The van der Waals surface area contributed by atoms with Gasteiger partial charge < -0.3 is 20.1 Å². The first-order valence-corrected chi connectivity index (χ1v) is 6.09. The maximum atomic E-state index is 12.1. The van der Waals surface area contributed by atoms with Crippen LogP contribution in [0.3, 0.4) is 0 Å². The average Bonchev–Trinajstić information content (AvgIpc) is 2.42. The largest absolute Gasteiger partial charge is 0.508 e. The molecule has 0 saturated heterocycles. The number of carbonyl (C=O) groups is 1. The molecule has 0 saturated carbocycles. The highest BCUT2D eigenvalue weighted by Crippen LogP contribution is 2.40. The molecule has 102 valence electrons. The van der Waals surface area contributed by atoms with Crippen molar-refractivity contribution >= 4 is 5.78 Å². The Morgan fingerprint density at radius 1 is 1.00 bits per heavy atom. The van der Waals surface area contributed by atoms with Crippen molar-refractivity contribution in [3.8, 4) is 23.0 Å². The zero-order valence-corrected chi connectivity index (χ0v) is 10.4. The molecule has 0 bridgehead atoms. The van der Waals surface area contributed by atoms with Gasteiger partial charge in [-0.3, -0.25) is 4.79 Å². The number of Topliss-reactive ketones (excluding diaryl/α,β-unsaturated/α-hetero) is 1. The van der Waals surface area contributed by atoms with Gasteiger partial charge in [-0.25, -0.2) is 0 Å². The van der Waals surface area contributed by atoms with Gasteiger partial charge in [-0.05, 0) is 23.8 Å². The topological polar surface area (TPSA) is 87.0 Å². The average molecular weight is 272 g/mol. The minimum atomic E-state index is -0.473. The van der Waals surface area contributed by atoms with Crippen molar-refractivity contribution in [3.05, 3.63) is 47.5 Å². The van der Waals surface area contributed by atoms with E-state index >= 15 is 0 Å². The highest BCUT2D eigenvalue weighted by molar-refractivity contribution is 6.00. The van der Waals surface area contributed by atoms with E-state index in [0.29, 0.717) is 0 Å². The van der Waals surface area contributed by atoms with Crippen LogP contribution in [0.5, 0.6) is 23.0 Å². The van der Waals surface area contributed by atoms with Crippen LogP contribution in [0, 0.1) is 0 Å². The third kappa shape index (κ3) is 2.03. The lowest BCUT2D eigenvalue weighted by Gasteiger charge is -2.25. The molecule has 1 aliphatic rings. The van der Waals surface area contributed by atoms with E-state index in [1.54, 1.807) is 12.1 Å². The highest BCUT2D eigenvalue weighted by Gasteiger charge is 2.29. The monoisotopic (exact) mass is 272 g/mol. The maximum absolute atomic E-state index is 12.1. The van der Waals surface area contributed by atoms with Crippen LogP contribution in [0.25, 0.3) is 0 Å². The van der Waals surface area contributed by atoms with E-state index in [1.807, 2.05) is 0 Å². The van der Waals surface area contributed by atoms with Gasteiger partial charge in [0.1, 0.15) is 17.6 Å². The Kier molecular flexibility index (Phi) is 2.75. The number of carbonyl (C=O) groups excluding carboxylic acids is 1. The number of aromatic hydroxyl groups is 3. The van der Waals surface area contributed by atoms with Crippen LogP contribution >= 0.6 is 0 Å². The summed E-state index contributed by atoms with van der Waals surface area (Å²) in [5, 5.41) is 28.2. The summed E-state index contributed by atoms with van der Waals surface area (Å²) >= 11 is 0. The second-order valence-corrected chi connectivity index (χ2v) is 4.66. The Hall–Kier alpha value is -2.69. The summed E-state index contributed by atoms with van der Waals surface area (Å²) < 4.78 is 5.69. The third-order valence-electron chi connectivity index (χ3n) is 3.28. The second-order valence-electron chi connectivity index (χ2n) is 4.66. The summed E-state index contributed by atoms with van der Waals surface area (Å²) in [6, 6.07) is 8.84. The van der Waals surface area contributed by atoms with Crippen molar-refractivity contribution in [2.24, 2.45) is 0 Å². The number of phenols is 3. The fraction of sp³-hybridized carbons (Fsp3) is 0.133. The molecule has 5 nitrogen and oxygen atoms in total. The Labute approximate surface area is 114 Å². The minimum Gasteiger partial charge on any atom is -0.508 e. The van der Waals surface area contributed by atoms with Gasteiger partial charge in [0, 0.05) is 6.07 Å². The molecule has 20 heavy (non-hydrogen) atoms. The standard InChI is InChI=1S/C15H12O5/c16-9-3-1-8(2-4-9)14-6-11(17)10-5-12(18)13(19)7-15(10)20-14/h1-5,7,14,16,18-19H,6H2/t14-/m0/s1. The quantitative estimate of drug-likeness (QED) is 0.694. The van der Waals surface area contributed by atoms with Crippen LogP contribution in [0.2, 0.25) is 0 Å². The van der Waals surface area contributed by atoms with E-state index < -0.39 is 6.10 Å². The molecule has 2 aromatic carbocycles. The van der Waals surface area contributed by atoms with Gasteiger partial charge in [0.2, 0.25) is 0 Å². The van der Waals surface area contributed by atoms with Crippen LogP contribution in [-0.4, -0.2) is 21.1 Å². The molecule has 2 aromatic rings. The van der Waals surface area contributed by atoms with Crippen molar-refractivity contribution in [1.82, 2.24) is 0 Å². The first kappa shape index (κ1) is 12.3. The van der Waals surface area contributed by atoms with Gasteiger partial charge in [-0.2, -0.15) is 0 Å². The first-order valence-electron chi connectivity index (χ1n) is 6.09. The van der Waals surface area contributed by atoms with E-state index in [0.717, 1.165) is 5.56 Å². The lowest BCUT2D eigenvalue weighted by atomic mass is 9.96. The van der Waals surface area contributed by atoms with Crippen molar-refractivity contribution in [2.45, 2.75) is 12.5 Å². The summed E-state index contributed by atoms with van der Waals surface area (Å²) in [6.07, 6.45) is -0.332. The Bertz CT molecular complexity index is 675. The van der Waals surface area contributed by atoms with E-state index in [2.05, 4.69) is 0 Å². The molecule has 0 aromatic heterocycles. The number of phenolic OH excluding ortho intramolecular Hbond substituents is 3. The molecule has 3 N–H and O–H groups in total. The molecular weight excluding hydrogens is 260 g/mol. The predicted molar refractivity (Wildman–Crippen MR) is 70.2 cm³/mol. The van der Waals surface area contributed by atoms with Crippen molar-refractivity contribution in [3.63, 3.8) is 0 Å². The van der Waals surface area contributed by atoms with Crippen molar-refractivity contribution in [1.29, 1.82) is 0 Å². The minimum absolute atomic E-state index is 0.138. The fourth-order valence-electron chi connectivity index (χ4n) is 2.22. The van der Waals surface area contributed by atoms with E-state index in [9.17, 15) is 20.1 Å².